The molecule has 1 aliphatic rings. The number of halogens is 1. The molecule has 1 aromatic heterocycles. The fourth-order valence-electron chi connectivity index (χ4n) is 4.00. The largest absolute Gasteiger partial charge is 0.496 e. The van der Waals surface area contributed by atoms with E-state index >= 15 is 0 Å². The van der Waals surface area contributed by atoms with Crippen LogP contribution in [0.3, 0.4) is 0 Å². The van der Waals surface area contributed by atoms with Crippen LogP contribution < -0.4 is 15.0 Å². The number of hydrogen-bond donors (Lipinski definition) is 2. The molecule has 0 spiro atoms. The number of aromatic nitrogens is 1. The maximum absolute atomic E-state index is 14.0. The number of esters is 1. The van der Waals surface area contributed by atoms with Gasteiger partial charge in [-0.1, -0.05) is 18.2 Å². The number of piperazine rings is 1. The van der Waals surface area contributed by atoms with Crippen molar-refractivity contribution >= 4 is 34.2 Å². The third-order valence-corrected chi connectivity index (χ3v) is 5.59. The molecule has 1 fully saturated rings. The van der Waals surface area contributed by atoms with Gasteiger partial charge in [0, 0.05) is 26.2 Å². The lowest BCUT2D eigenvalue weighted by atomic mass is 10.2. The number of nitrogens with one attached hydrogen (secondary N) is 2. The van der Waals surface area contributed by atoms with Crippen molar-refractivity contribution in [2.45, 2.75) is 0 Å². The third kappa shape index (κ3) is 4.24. The SMILES string of the molecule is COC(=O)c1[nH]c2cccc(OC)c2c1NC(=O)CN1CCN(c2ccccc2F)CC1. The molecular formula is C23H25FN4O4. The highest BCUT2D eigenvalue weighted by molar-refractivity contribution is 6.13. The molecule has 2 heterocycles. The van der Waals surface area contributed by atoms with Gasteiger partial charge < -0.3 is 24.7 Å². The summed E-state index contributed by atoms with van der Waals surface area (Å²) in [5.41, 5.74) is 1.72. The second-order valence-electron chi connectivity index (χ2n) is 7.51. The molecular weight excluding hydrogens is 415 g/mol. The van der Waals surface area contributed by atoms with E-state index in [1.165, 1.54) is 20.3 Å². The van der Waals surface area contributed by atoms with Crippen molar-refractivity contribution in [3.05, 3.63) is 54.0 Å². The molecule has 1 amide bonds. The van der Waals surface area contributed by atoms with Gasteiger partial charge in [-0.25, -0.2) is 9.18 Å². The zero-order valence-corrected chi connectivity index (χ0v) is 18.0. The summed E-state index contributed by atoms with van der Waals surface area (Å²) in [6.45, 7) is 2.60. The van der Waals surface area contributed by atoms with Crippen molar-refractivity contribution < 1.29 is 23.5 Å². The Bertz CT molecular complexity index is 1140. The van der Waals surface area contributed by atoms with Crippen LogP contribution in [0.1, 0.15) is 10.5 Å². The summed E-state index contributed by atoms with van der Waals surface area (Å²) in [6.07, 6.45) is 0. The van der Waals surface area contributed by atoms with Crippen LogP contribution in [0.5, 0.6) is 5.75 Å². The van der Waals surface area contributed by atoms with E-state index < -0.39 is 5.97 Å². The van der Waals surface area contributed by atoms with E-state index in [1.54, 1.807) is 30.3 Å². The highest BCUT2D eigenvalue weighted by atomic mass is 19.1. The number of methoxy groups -OCH3 is 2. The summed E-state index contributed by atoms with van der Waals surface area (Å²) in [5.74, 6) is -0.566. The zero-order valence-electron chi connectivity index (χ0n) is 18.0. The number of H-pyrrole nitrogens is 1. The first-order valence-electron chi connectivity index (χ1n) is 10.3. The number of amides is 1. The highest BCUT2D eigenvalue weighted by Gasteiger charge is 2.25. The van der Waals surface area contributed by atoms with E-state index in [9.17, 15) is 14.0 Å². The number of aromatic amines is 1. The van der Waals surface area contributed by atoms with Crippen LogP contribution in [0.15, 0.2) is 42.5 Å². The summed E-state index contributed by atoms with van der Waals surface area (Å²) >= 11 is 0. The van der Waals surface area contributed by atoms with Crippen LogP contribution in [0.4, 0.5) is 15.8 Å². The maximum Gasteiger partial charge on any atom is 0.356 e. The molecule has 2 N–H and O–H groups in total. The molecule has 3 aromatic rings. The van der Waals surface area contributed by atoms with Crippen molar-refractivity contribution in [3.8, 4) is 5.75 Å². The van der Waals surface area contributed by atoms with E-state index in [2.05, 4.69) is 10.3 Å². The van der Waals surface area contributed by atoms with Gasteiger partial charge in [0.15, 0.2) is 0 Å². The lowest BCUT2D eigenvalue weighted by Gasteiger charge is -2.35. The molecule has 4 rings (SSSR count). The third-order valence-electron chi connectivity index (χ3n) is 5.59. The van der Waals surface area contributed by atoms with Crippen LogP contribution in [-0.4, -0.2) is 68.7 Å². The number of carbonyl (C=O) groups excluding carboxylic acids is 2. The highest BCUT2D eigenvalue weighted by Crippen LogP contribution is 2.35. The number of carbonyl (C=O) groups is 2. The van der Waals surface area contributed by atoms with Gasteiger partial charge >= 0.3 is 5.97 Å². The lowest BCUT2D eigenvalue weighted by Crippen LogP contribution is -2.49. The minimum Gasteiger partial charge on any atom is -0.496 e. The number of anilines is 2. The Balaban J connectivity index is 1.47. The van der Waals surface area contributed by atoms with Crippen LogP contribution in [0.25, 0.3) is 10.9 Å². The average Bonchev–Trinajstić information content (AvgIpc) is 3.18. The van der Waals surface area contributed by atoms with E-state index in [-0.39, 0.29) is 24.0 Å². The predicted octanol–water partition coefficient (Wildman–Crippen LogP) is 2.86. The fraction of sp³-hybridized carbons (Fsp3) is 0.304. The minimum atomic E-state index is -0.586. The molecule has 0 bridgehead atoms. The molecule has 0 radical (unpaired) electrons. The monoisotopic (exact) mass is 440 g/mol. The van der Waals surface area contributed by atoms with Crippen molar-refractivity contribution in [2.75, 3.05) is 57.2 Å². The Morgan fingerprint density at radius 3 is 2.50 bits per heavy atom. The first kappa shape index (κ1) is 21.6. The smallest absolute Gasteiger partial charge is 0.356 e. The summed E-state index contributed by atoms with van der Waals surface area (Å²) in [4.78, 5) is 32.1. The van der Waals surface area contributed by atoms with Gasteiger partial charge in [-0.2, -0.15) is 0 Å². The van der Waals surface area contributed by atoms with Gasteiger partial charge in [-0.15, -0.1) is 0 Å². The van der Waals surface area contributed by atoms with Gasteiger partial charge in [-0.3, -0.25) is 9.69 Å². The minimum absolute atomic E-state index is 0.146. The Labute approximate surface area is 184 Å². The van der Waals surface area contributed by atoms with Gasteiger partial charge in [0.25, 0.3) is 0 Å². The molecule has 0 saturated carbocycles. The van der Waals surface area contributed by atoms with E-state index in [0.717, 1.165) is 0 Å². The van der Waals surface area contributed by atoms with Gasteiger partial charge in [0.05, 0.1) is 43.0 Å². The summed E-state index contributed by atoms with van der Waals surface area (Å²) < 4.78 is 24.3. The van der Waals surface area contributed by atoms with Gasteiger partial charge in [0.2, 0.25) is 5.91 Å². The quantitative estimate of drug-likeness (QED) is 0.574. The summed E-state index contributed by atoms with van der Waals surface area (Å²) in [7, 11) is 2.81. The molecule has 0 aliphatic carbocycles. The van der Waals surface area contributed by atoms with Crippen LogP contribution in [0.2, 0.25) is 0 Å². The molecule has 0 atom stereocenters. The second kappa shape index (κ2) is 9.27. The van der Waals surface area contributed by atoms with E-state index in [4.69, 9.17) is 9.47 Å². The van der Waals surface area contributed by atoms with Crippen LogP contribution >= 0.6 is 0 Å². The number of nitrogens with zero attached hydrogens (tertiary/aromatic N) is 2. The zero-order chi connectivity index (χ0) is 22.7. The van der Waals surface area contributed by atoms with Gasteiger partial charge in [0.1, 0.15) is 17.3 Å². The normalized spacial score (nSPS) is 14.4. The van der Waals surface area contributed by atoms with Crippen molar-refractivity contribution in [1.29, 1.82) is 0 Å². The topological polar surface area (TPSA) is 86.9 Å². The molecule has 8 nitrogen and oxygen atoms in total. The summed E-state index contributed by atoms with van der Waals surface area (Å²) in [6, 6.07) is 12.0. The van der Waals surface area contributed by atoms with Crippen molar-refractivity contribution in [3.63, 3.8) is 0 Å². The van der Waals surface area contributed by atoms with E-state index in [0.29, 0.717) is 54.2 Å². The molecule has 2 aromatic carbocycles. The molecule has 32 heavy (non-hydrogen) atoms. The molecule has 168 valence electrons. The number of rotatable bonds is 6. The van der Waals surface area contributed by atoms with Crippen molar-refractivity contribution in [1.82, 2.24) is 9.88 Å². The molecule has 9 heteroatoms. The van der Waals surface area contributed by atoms with Crippen LogP contribution in [-0.2, 0) is 9.53 Å². The number of ether oxygens (including phenoxy) is 2. The van der Waals surface area contributed by atoms with E-state index in [1.807, 2.05) is 15.9 Å². The number of para-hydroxylation sites is 1. The Morgan fingerprint density at radius 1 is 1.06 bits per heavy atom. The lowest BCUT2D eigenvalue weighted by molar-refractivity contribution is -0.117. The first-order chi connectivity index (χ1) is 15.5. The molecule has 0 unspecified atom stereocenters. The molecule has 1 saturated heterocycles. The predicted molar refractivity (Wildman–Crippen MR) is 120 cm³/mol. The molecule has 1 aliphatic heterocycles. The average molecular weight is 440 g/mol. The summed E-state index contributed by atoms with van der Waals surface area (Å²) in [5, 5.41) is 3.46. The number of benzene rings is 2. The van der Waals surface area contributed by atoms with Crippen molar-refractivity contribution in [2.24, 2.45) is 0 Å². The Kier molecular flexibility index (Phi) is 6.27. The van der Waals surface area contributed by atoms with Crippen LogP contribution in [0, 0.1) is 5.82 Å². The Hall–Kier alpha value is -3.59. The standard InChI is InChI=1S/C23H25FN4O4/c1-31-18-9-5-7-16-20(18)21(22(25-16)23(30)32-2)26-19(29)14-27-10-12-28(13-11-27)17-8-4-3-6-15(17)24/h3-9,25H,10-14H2,1-2H3,(H,26,29). The fourth-order valence-corrected chi connectivity index (χ4v) is 4.00. The number of fused-ring (bicyclic) bond motifs is 1. The maximum atomic E-state index is 14.0. The second-order valence-corrected chi connectivity index (χ2v) is 7.51. The van der Waals surface area contributed by atoms with Gasteiger partial charge in [-0.05, 0) is 24.3 Å². The number of hydrogen-bond acceptors (Lipinski definition) is 6. The Morgan fingerprint density at radius 2 is 1.81 bits per heavy atom. The first-order valence-corrected chi connectivity index (χ1v) is 10.3.